The second-order valence-corrected chi connectivity index (χ2v) is 13.0. The van der Waals surface area contributed by atoms with Gasteiger partial charge in [-0.05, 0) is 0 Å². The zero-order chi connectivity index (χ0) is 37.1. The molecule has 0 unspecified atom stereocenters. The first-order valence-corrected chi connectivity index (χ1v) is 14.2. The molecule has 0 radical (unpaired) electrons. The topological polar surface area (TPSA) is 42.0 Å². The summed E-state index contributed by atoms with van der Waals surface area (Å²) in [6, 6.07) is 0. The molecule has 0 aliphatic carbocycles. The molecule has 0 amide bonds. The van der Waals surface area contributed by atoms with Gasteiger partial charge < -0.3 is 9.47 Å². The van der Waals surface area contributed by atoms with E-state index in [4.69, 9.17) is 9.47 Å². The lowest BCUT2D eigenvalue weighted by molar-refractivity contribution is -0.474. The minimum atomic E-state index is -9.22. The first-order valence-electron chi connectivity index (χ1n) is 12.4. The maximum absolute atomic E-state index is 14.6. The van der Waals surface area contributed by atoms with Crippen molar-refractivity contribution in [3.05, 3.63) is 0 Å². The maximum atomic E-state index is 14.6. The minimum absolute atomic E-state index is 0.271. The molecule has 0 bridgehead atoms. The van der Waals surface area contributed by atoms with Gasteiger partial charge in [0.15, 0.2) is 0 Å². The Bertz CT molecular complexity index is 1130. The summed E-state index contributed by atoms with van der Waals surface area (Å²) in [5.74, 6) is -77.5. The van der Waals surface area contributed by atoms with E-state index >= 15 is 0 Å². The van der Waals surface area contributed by atoms with Crippen molar-refractivity contribution in [3.63, 3.8) is 0 Å². The van der Waals surface area contributed by atoms with Gasteiger partial charge in [-0.2, -0.15) is 92.2 Å². The van der Waals surface area contributed by atoms with Gasteiger partial charge in [-0.25, -0.2) is 9.34 Å². The van der Waals surface area contributed by atoms with E-state index < -0.39 is 106 Å². The van der Waals surface area contributed by atoms with Crippen molar-refractivity contribution in [1.82, 2.24) is 9.34 Å². The van der Waals surface area contributed by atoms with E-state index in [9.17, 15) is 96.8 Å². The number of nitrogens with zero attached hydrogens (tertiary/aromatic N) is 2. The molecule has 0 saturated carbocycles. The Hall–Kier alpha value is -1.40. The first-order chi connectivity index (χ1) is 20.7. The third-order valence-electron chi connectivity index (χ3n) is 7.15. The number of alkyl halides is 21. The summed E-state index contributed by atoms with van der Waals surface area (Å²) in [6.45, 7) is -2.65. The number of halogens is 21. The zero-order valence-corrected chi connectivity index (χ0v) is 23.5. The quantitative estimate of drug-likeness (QED) is 0.144. The van der Waals surface area contributed by atoms with Crippen LogP contribution < -0.4 is 0 Å². The van der Waals surface area contributed by atoms with E-state index in [1.54, 1.807) is 0 Å². The second-order valence-electron chi connectivity index (χ2n) is 10.1. The summed E-state index contributed by atoms with van der Waals surface area (Å²) >= 11 is 0. The monoisotopic (exact) mass is 766 g/mol. The van der Waals surface area contributed by atoms with E-state index in [1.165, 1.54) is 0 Å². The fourth-order valence-corrected chi connectivity index (χ4v) is 7.30. The van der Waals surface area contributed by atoms with Crippen molar-refractivity contribution in [1.29, 1.82) is 0 Å². The van der Waals surface area contributed by atoms with Crippen LogP contribution in [0.1, 0.15) is 6.42 Å². The summed E-state index contributed by atoms with van der Waals surface area (Å²) in [5, 5.41) is 0. The Morgan fingerprint density at radius 1 is 0.426 bits per heavy atom. The maximum Gasteiger partial charge on any atom is 0.460 e. The van der Waals surface area contributed by atoms with Crippen LogP contribution in [0.25, 0.3) is 0 Å². The summed E-state index contributed by atoms with van der Waals surface area (Å²) in [4.78, 5) is 0. The van der Waals surface area contributed by atoms with Crippen LogP contribution >= 0.6 is 7.44 Å². The van der Waals surface area contributed by atoms with Crippen LogP contribution in [0.4, 0.5) is 92.2 Å². The van der Waals surface area contributed by atoms with E-state index in [-0.39, 0.29) is 26.4 Å². The van der Waals surface area contributed by atoms with Crippen molar-refractivity contribution >= 4 is 7.44 Å². The third-order valence-corrected chi connectivity index (χ3v) is 10.5. The highest BCUT2D eigenvalue weighted by Crippen LogP contribution is 2.67. The highest BCUT2D eigenvalue weighted by Gasteiger charge is 2.97. The minimum Gasteiger partial charge on any atom is -0.379 e. The molecule has 0 N–H and O–H groups in total. The number of hydrogen-bond acceptors (Lipinski definition) is 3. The van der Waals surface area contributed by atoms with Crippen LogP contribution in [0, 0.1) is 0 Å². The van der Waals surface area contributed by atoms with Gasteiger partial charge >= 0.3 is 59.5 Å². The summed E-state index contributed by atoms with van der Waals surface area (Å²) in [6.07, 6.45) is -12.8. The van der Waals surface area contributed by atoms with Crippen LogP contribution in [0.5, 0.6) is 0 Å². The van der Waals surface area contributed by atoms with E-state index in [1.807, 2.05) is 0 Å². The molecule has 2 heterocycles. The molecule has 2 fully saturated rings. The largest absolute Gasteiger partial charge is 0.460 e. The molecule has 0 atom stereocenters. The van der Waals surface area contributed by atoms with Gasteiger partial charge in [-0.1, -0.05) is 0 Å². The van der Waals surface area contributed by atoms with E-state index in [0.29, 0.717) is 0 Å². The standard InChI is InChI=1S/C20H20F21N2O3P/c21-11(22,1-10-47(44,42-2-6-45-7-3-42)43-4-8-46-9-5-43)12(23,24)13(25,26)14(27,28)15(29,30)16(31,32)17(33,34)18(35,36)19(37,38)20(39,40)41/h1-10H2. The molecule has 47 heavy (non-hydrogen) atoms. The number of hydrogen-bond donors (Lipinski definition) is 0. The third kappa shape index (κ3) is 6.16. The van der Waals surface area contributed by atoms with Crippen LogP contribution in [0.3, 0.4) is 0 Å². The molecular weight excluding hydrogens is 746 g/mol. The normalized spacial score (nSPS) is 20.5. The average Bonchev–Trinajstić information content (AvgIpc) is 2.95. The Kier molecular flexibility index (Phi) is 11.0. The lowest BCUT2D eigenvalue weighted by Crippen LogP contribution is -2.76. The van der Waals surface area contributed by atoms with Crippen LogP contribution in [-0.4, -0.2) is 128 Å². The lowest BCUT2D eigenvalue weighted by Gasteiger charge is -2.45. The molecule has 27 heteroatoms. The highest BCUT2D eigenvalue weighted by molar-refractivity contribution is 7.59. The van der Waals surface area contributed by atoms with Crippen molar-refractivity contribution in [2.24, 2.45) is 0 Å². The number of rotatable bonds is 13. The lowest BCUT2D eigenvalue weighted by atomic mass is 9.86. The van der Waals surface area contributed by atoms with Crippen molar-refractivity contribution < 1.29 is 106 Å². The SMILES string of the molecule is O=P(CCC(F)(F)C(F)(F)C(F)(F)C(F)(F)C(F)(F)C(F)(F)C(F)(F)C(F)(F)C(F)(F)C(F)(F)F)(N1CCOCC1)N1CCOCC1. The molecule has 2 saturated heterocycles. The molecular formula is C20H20F21N2O3P. The van der Waals surface area contributed by atoms with E-state index in [2.05, 4.69) is 0 Å². The Labute approximate surface area is 248 Å². The summed E-state index contributed by atoms with van der Waals surface area (Å²) in [7, 11) is -4.61. The van der Waals surface area contributed by atoms with Crippen LogP contribution in [0.15, 0.2) is 0 Å². The molecule has 0 aromatic rings. The van der Waals surface area contributed by atoms with Crippen molar-refractivity contribution in [3.8, 4) is 0 Å². The molecule has 2 aliphatic rings. The van der Waals surface area contributed by atoms with Gasteiger partial charge in [-0.15, -0.1) is 0 Å². The second kappa shape index (κ2) is 12.4. The first kappa shape index (κ1) is 41.8. The Morgan fingerprint density at radius 3 is 0.957 bits per heavy atom. The predicted octanol–water partition coefficient (Wildman–Crippen LogP) is 7.51. The molecule has 280 valence electrons. The van der Waals surface area contributed by atoms with Crippen molar-refractivity contribution in [2.45, 2.75) is 65.9 Å². The van der Waals surface area contributed by atoms with Gasteiger partial charge in [-0.3, -0.25) is 4.57 Å². The van der Waals surface area contributed by atoms with Gasteiger partial charge in [0.05, 0.1) is 26.4 Å². The van der Waals surface area contributed by atoms with Gasteiger partial charge in [0.2, 0.25) is 7.44 Å². The van der Waals surface area contributed by atoms with Gasteiger partial charge in [0.1, 0.15) is 0 Å². The molecule has 0 aromatic carbocycles. The highest BCUT2D eigenvalue weighted by atomic mass is 31.2. The zero-order valence-electron chi connectivity index (χ0n) is 22.6. The van der Waals surface area contributed by atoms with Gasteiger partial charge in [0, 0.05) is 38.8 Å². The summed E-state index contributed by atoms with van der Waals surface area (Å²) in [5.41, 5.74) is 0. The fraction of sp³-hybridized carbons (Fsp3) is 1.00. The molecule has 0 spiro atoms. The van der Waals surface area contributed by atoms with Gasteiger partial charge in [0.25, 0.3) is 0 Å². The number of ether oxygens (including phenoxy) is 2. The Morgan fingerprint density at radius 2 is 0.681 bits per heavy atom. The van der Waals surface area contributed by atoms with Crippen LogP contribution in [-0.2, 0) is 14.0 Å². The van der Waals surface area contributed by atoms with Crippen molar-refractivity contribution in [2.75, 3.05) is 58.8 Å². The smallest absolute Gasteiger partial charge is 0.379 e. The van der Waals surface area contributed by atoms with Crippen LogP contribution in [0.2, 0.25) is 0 Å². The summed E-state index contributed by atoms with van der Waals surface area (Å²) < 4.78 is 312. The number of morpholine rings is 2. The predicted molar refractivity (Wildman–Crippen MR) is 112 cm³/mol. The fourth-order valence-electron chi connectivity index (χ4n) is 4.23. The average molecular weight is 766 g/mol. The molecule has 0 aromatic heterocycles. The molecule has 2 aliphatic heterocycles. The van der Waals surface area contributed by atoms with E-state index in [0.717, 1.165) is 9.34 Å². The molecule has 5 nitrogen and oxygen atoms in total. The molecule has 2 rings (SSSR count). The Balaban J connectivity index is 2.54.